The van der Waals surface area contributed by atoms with E-state index in [1.807, 2.05) is 30.5 Å². The summed E-state index contributed by atoms with van der Waals surface area (Å²) < 4.78 is 11.7. The van der Waals surface area contributed by atoms with Crippen molar-refractivity contribution in [2.75, 3.05) is 13.2 Å². The SMILES string of the molecule is CCOc1cccc(OCC(=O)c2sccc2Br)c1. The summed E-state index contributed by atoms with van der Waals surface area (Å²) in [6.45, 7) is 2.55. The molecule has 0 aliphatic heterocycles. The van der Waals surface area contributed by atoms with Crippen molar-refractivity contribution in [3.63, 3.8) is 0 Å². The minimum absolute atomic E-state index is 0.0225. The quantitative estimate of drug-likeness (QED) is 0.740. The van der Waals surface area contributed by atoms with Crippen molar-refractivity contribution >= 4 is 33.0 Å². The molecule has 0 aliphatic carbocycles. The lowest BCUT2D eigenvalue weighted by atomic mass is 10.3. The van der Waals surface area contributed by atoms with Crippen LogP contribution < -0.4 is 9.47 Å². The molecule has 5 heteroatoms. The summed E-state index contributed by atoms with van der Waals surface area (Å²) in [7, 11) is 0. The Morgan fingerprint density at radius 3 is 2.63 bits per heavy atom. The standard InChI is InChI=1S/C14H13BrO3S/c1-2-17-10-4-3-5-11(8-10)18-9-13(16)14-12(15)6-7-19-14/h3-8H,2,9H2,1H3. The van der Waals surface area contributed by atoms with E-state index >= 15 is 0 Å². The molecule has 0 aliphatic rings. The van der Waals surface area contributed by atoms with E-state index in [9.17, 15) is 4.79 Å². The maximum Gasteiger partial charge on any atom is 0.211 e. The summed E-state index contributed by atoms with van der Waals surface area (Å²) in [5, 5.41) is 1.87. The number of hydrogen-bond donors (Lipinski definition) is 0. The molecule has 2 aromatic rings. The van der Waals surface area contributed by atoms with Gasteiger partial charge in [0.25, 0.3) is 0 Å². The molecule has 100 valence electrons. The van der Waals surface area contributed by atoms with Gasteiger partial charge in [0.2, 0.25) is 5.78 Å². The molecule has 0 atom stereocenters. The molecular weight excluding hydrogens is 328 g/mol. The third-order valence-electron chi connectivity index (χ3n) is 2.36. The molecule has 3 nitrogen and oxygen atoms in total. The molecule has 0 fully saturated rings. The molecule has 1 heterocycles. The van der Waals surface area contributed by atoms with Crippen LogP contribution in [-0.2, 0) is 0 Å². The van der Waals surface area contributed by atoms with Crippen LogP contribution in [0.5, 0.6) is 11.5 Å². The van der Waals surface area contributed by atoms with Gasteiger partial charge in [-0.1, -0.05) is 6.07 Å². The second-order valence-electron chi connectivity index (χ2n) is 3.72. The van der Waals surface area contributed by atoms with Crippen molar-refractivity contribution in [2.45, 2.75) is 6.92 Å². The molecule has 0 N–H and O–H groups in total. The van der Waals surface area contributed by atoms with Crippen LogP contribution in [0, 0.1) is 0 Å². The number of benzene rings is 1. The van der Waals surface area contributed by atoms with E-state index < -0.39 is 0 Å². The Kier molecular flexibility index (Phi) is 4.99. The van der Waals surface area contributed by atoms with Crippen LogP contribution in [0.15, 0.2) is 40.2 Å². The molecule has 2 rings (SSSR count). The minimum atomic E-state index is -0.0383. The van der Waals surface area contributed by atoms with Crippen LogP contribution in [0.2, 0.25) is 0 Å². The number of ketones is 1. The first kappa shape index (κ1) is 14.1. The lowest BCUT2D eigenvalue weighted by molar-refractivity contribution is 0.0924. The highest BCUT2D eigenvalue weighted by Gasteiger charge is 2.12. The lowest BCUT2D eigenvalue weighted by Crippen LogP contribution is -2.10. The zero-order chi connectivity index (χ0) is 13.7. The highest BCUT2D eigenvalue weighted by Crippen LogP contribution is 2.24. The van der Waals surface area contributed by atoms with E-state index in [0.717, 1.165) is 10.2 Å². The van der Waals surface area contributed by atoms with Crippen LogP contribution in [0.25, 0.3) is 0 Å². The second-order valence-corrected chi connectivity index (χ2v) is 5.49. The van der Waals surface area contributed by atoms with Crippen LogP contribution in [0.3, 0.4) is 0 Å². The fourth-order valence-electron chi connectivity index (χ4n) is 1.53. The Morgan fingerprint density at radius 1 is 1.26 bits per heavy atom. The molecule has 0 saturated heterocycles. The van der Waals surface area contributed by atoms with Gasteiger partial charge in [-0.2, -0.15) is 0 Å². The Labute approximate surface area is 124 Å². The minimum Gasteiger partial charge on any atom is -0.494 e. The average molecular weight is 341 g/mol. The van der Waals surface area contributed by atoms with E-state index in [4.69, 9.17) is 9.47 Å². The van der Waals surface area contributed by atoms with E-state index in [2.05, 4.69) is 15.9 Å². The third-order valence-corrected chi connectivity index (χ3v) is 4.24. The van der Waals surface area contributed by atoms with Crippen LogP contribution in [-0.4, -0.2) is 19.0 Å². The van der Waals surface area contributed by atoms with Crippen molar-refractivity contribution < 1.29 is 14.3 Å². The van der Waals surface area contributed by atoms with Crippen LogP contribution in [0.4, 0.5) is 0 Å². The Hall–Kier alpha value is -1.33. The maximum atomic E-state index is 11.9. The molecule has 0 saturated carbocycles. The molecule has 1 aromatic heterocycles. The Bertz CT molecular complexity index is 565. The van der Waals surface area contributed by atoms with E-state index in [1.54, 1.807) is 12.1 Å². The molecular formula is C14H13BrO3S. The highest BCUT2D eigenvalue weighted by molar-refractivity contribution is 9.10. The Morgan fingerprint density at radius 2 is 2.00 bits per heavy atom. The summed E-state index contributed by atoms with van der Waals surface area (Å²) in [6.07, 6.45) is 0. The fourth-order valence-corrected chi connectivity index (χ4v) is 3.05. The summed E-state index contributed by atoms with van der Waals surface area (Å²) >= 11 is 4.74. The predicted molar refractivity (Wildman–Crippen MR) is 79.5 cm³/mol. The first-order valence-corrected chi connectivity index (χ1v) is 7.50. The van der Waals surface area contributed by atoms with Crippen LogP contribution >= 0.6 is 27.3 Å². The zero-order valence-corrected chi connectivity index (χ0v) is 12.8. The third kappa shape index (κ3) is 3.81. The van der Waals surface area contributed by atoms with E-state index in [1.165, 1.54) is 11.3 Å². The van der Waals surface area contributed by atoms with Gasteiger partial charge < -0.3 is 9.47 Å². The number of carbonyl (C=O) groups is 1. The first-order valence-electron chi connectivity index (χ1n) is 5.82. The number of Topliss-reactive ketones (excluding diaryl/α,β-unsaturated/α-hetero) is 1. The first-order chi connectivity index (χ1) is 9.20. The van der Waals surface area contributed by atoms with Crippen molar-refractivity contribution in [1.82, 2.24) is 0 Å². The normalized spacial score (nSPS) is 10.2. The summed E-state index contributed by atoms with van der Waals surface area (Å²) in [5.74, 6) is 1.33. The van der Waals surface area contributed by atoms with E-state index in [0.29, 0.717) is 17.2 Å². The van der Waals surface area contributed by atoms with Crippen LogP contribution in [0.1, 0.15) is 16.6 Å². The number of thiophene rings is 1. The van der Waals surface area contributed by atoms with E-state index in [-0.39, 0.29) is 12.4 Å². The molecule has 0 radical (unpaired) electrons. The molecule has 0 bridgehead atoms. The maximum absolute atomic E-state index is 11.9. The fraction of sp³-hybridized carbons (Fsp3) is 0.214. The zero-order valence-electron chi connectivity index (χ0n) is 10.4. The molecule has 0 unspecified atom stereocenters. The molecule has 0 amide bonds. The number of halogens is 1. The lowest BCUT2D eigenvalue weighted by Gasteiger charge is -2.07. The Balaban J connectivity index is 1.97. The van der Waals surface area contributed by atoms with Gasteiger partial charge in [-0.25, -0.2) is 0 Å². The van der Waals surface area contributed by atoms with Crippen molar-refractivity contribution in [2.24, 2.45) is 0 Å². The molecule has 19 heavy (non-hydrogen) atoms. The van der Waals surface area contributed by atoms with Gasteiger partial charge in [-0.15, -0.1) is 11.3 Å². The number of carbonyl (C=O) groups excluding carboxylic acids is 1. The smallest absolute Gasteiger partial charge is 0.211 e. The van der Waals surface area contributed by atoms with Gasteiger partial charge >= 0.3 is 0 Å². The number of hydrogen-bond acceptors (Lipinski definition) is 4. The van der Waals surface area contributed by atoms with Gasteiger partial charge in [0, 0.05) is 10.5 Å². The van der Waals surface area contributed by atoms with Gasteiger partial charge in [-0.3, -0.25) is 4.79 Å². The molecule has 1 aromatic carbocycles. The van der Waals surface area contributed by atoms with Crippen molar-refractivity contribution in [1.29, 1.82) is 0 Å². The highest BCUT2D eigenvalue weighted by atomic mass is 79.9. The van der Waals surface area contributed by atoms with Gasteiger partial charge in [0.1, 0.15) is 11.5 Å². The van der Waals surface area contributed by atoms with Crippen molar-refractivity contribution in [3.05, 3.63) is 45.1 Å². The van der Waals surface area contributed by atoms with Gasteiger partial charge in [-0.05, 0) is 46.4 Å². The average Bonchev–Trinajstić information content (AvgIpc) is 2.83. The van der Waals surface area contributed by atoms with Gasteiger partial charge in [0.05, 0.1) is 11.5 Å². The van der Waals surface area contributed by atoms with Gasteiger partial charge in [0.15, 0.2) is 6.61 Å². The topological polar surface area (TPSA) is 35.5 Å². The number of rotatable bonds is 6. The van der Waals surface area contributed by atoms with Crippen molar-refractivity contribution in [3.8, 4) is 11.5 Å². The number of ether oxygens (including phenoxy) is 2. The largest absolute Gasteiger partial charge is 0.494 e. The predicted octanol–water partition coefficient (Wildman–Crippen LogP) is 4.17. The molecule has 0 spiro atoms. The summed E-state index contributed by atoms with van der Waals surface area (Å²) in [4.78, 5) is 12.6. The summed E-state index contributed by atoms with van der Waals surface area (Å²) in [5.41, 5.74) is 0. The monoisotopic (exact) mass is 340 g/mol. The second kappa shape index (κ2) is 6.73. The summed E-state index contributed by atoms with van der Waals surface area (Å²) in [6, 6.07) is 9.13.